The van der Waals surface area contributed by atoms with Gasteiger partial charge in [-0.1, -0.05) is 56.7 Å². The Hall–Kier alpha value is -0.350. The Kier molecular flexibility index (Phi) is 4.62. The highest BCUT2D eigenvalue weighted by atomic mass is 32.2. The number of amides is 1. The van der Waals surface area contributed by atoms with Crippen molar-refractivity contribution in [1.82, 2.24) is 5.32 Å². The molecule has 0 spiro atoms. The third-order valence-corrected chi connectivity index (χ3v) is 3.27. The number of thioether (sulfide) groups is 1. The molecule has 1 atom stereocenters. The fourth-order valence-corrected chi connectivity index (χ4v) is 2.45. The van der Waals surface area contributed by atoms with Crippen LogP contribution in [-0.4, -0.2) is 10.2 Å². The van der Waals surface area contributed by atoms with Crippen LogP contribution in [0, 0.1) is 5.92 Å². The molecule has 1 unspecified atom stereocenters. The fraction of sp³-hybridized carbons (Fsp3) is 0.600. The minimum atomic E-state index is -0.0386. The molecule has 0 saturated carbocycles. The number of nitrogens with one attached hydrogen (secondary N) is 1. The van der Waals surface area contributed by atoms with Crippen molar-refractivity contribution in [3.05, 3.63) is 11.0 Å². The highest BCUT2D eigenvalue weighted by Gasteiger charge is 2.22. The summed E-state index contributed by atoms with van der Waals surface area (Å²) < 4.78 is 0.573. The van der Waals surface area contributed by atoms with E-state index in [9.17, 15) is 4.79 Å². The van der Waals surface area contributed by atoms with Gasteiger partial charge < -0.3 is 5.32 Å². The van der Waals surface area contributed by atoms with Gasteiger partial charge in [0.05, 0.1) is 4.91 Å². The zero-order chi connectivity index (χ0) is 10.6. The fourth-order valence-electron chi connectivity index (χ4n) is 1.30. The molecule has 4 heteroatoms. The van der Waals surface area contributed by atoms with E-state index in [1.807, 2.05) is 6.08 Å². The van der Waals surface area contributed by atoms with E-state index in [0.717, 1.165) is 11.3 Å². The Morgan fingerprint density at radius 3 is 2.86 bits per heavy atom. The molecule has 0 aromatic heterocycles. The Morgan fingerprint density at radius 1 is 1.64 bits per heavy atom. The zero-order valence-electron chi connectivity index (χ0n) is 8.50. The maximum atomic E-state index is 11.3. The monoisotopic (exact) mass is 229 g/mol. The molecule has 1 aliphatic rings. The predicted octanol–water partition coefficient (Wildman–Crippen LogP) is 2.84. The van der Waals surface area contributed by atoms with Gasteiger partial charge in [-0.15, -0.1) is 0 Å². The Labute approximate surface area is 94.5 Å². The molecule has 2 nitrogen and oxygen atoms in total. The largest absolute Gasteiger partial charge is 0.307 e. The Bertz CT molecular complexity index is 273. The number of rotatable bonds is 4. The predicted molar refractivity (Wildman–Crippen MR) is 65.1 cm³/mol. The van der Waals surface area contributed by atoms with Gasteiger partial charge >= 0.3 is 0 Å². The molecular formula is C10H15NOS2. The summed E-state index contributed by atoms with van der Waals surface area (Å²) >= 11 is 6.27. The average Bonchev–Trinajstić information content (AvgIpc) is 2.42. The summed E-state index contributed by atoms with van der Waals surface area (Å²) in [7, 11) is 0. The van der Waals surface area contributed by atoms with Crippen LogP contribution in [0.4, 0.5) is 0 Å². The first-order valence-corrected chi connectivity index (χ1v) is 6.11. The van der Waals surface area contributed by atoms with Gasteiger partial charge in [0.1, 0.15) is 4.32 Å². The topological polar surface area (TPSA) is 29.1 Å². The van der Waals surface area contributed by atoms with Crippen LogP contribution in [0.5, 0.6) is 0 Å². The minimum absolute atomic E-state index is 0.0386. The standard InChI is InChI=1S/C10H15NOS2/c1-3-4-5-7(2)6-8-9(12)11-10(13)14-8/h6-7H,3-5H2,1-2H3,(H,11,12,13)/b8-6-. The number of hydrogen-bond acceptors (Lipinski definition) is 3. The van der Waals surface area contributed by atoms with Crippen LogP contribution in [0.2, 0.25) is 0 Å². The van der Waals surface area contributed by atoms with Crippen LogP contribution >= 0.6 is 24.0 Å². The second kappa shape index (κ2) is 5.51. The van der Waals surface area contributed by atoms with E-state index in [-0.39, 0.29) is 5.91 Å². The van der Waals surface area contributed by atoms with Gasteiger partial charge in [-0.05, 0) is 12.3 Å². The number of hydrogen-bond donors (Lipinski definition) is 1. The van der Waals surface area contributed by atoms with E-state index in [0.29, 0.717) is 10.2 Å². The third kappa shape index (κ3) is 3.42. The Balaban J connectivity index is 2.50. The lowest BCUT2D eigenvalue weighted by atomic mass is 10.0. The molecule has 1 amide bonds. The van der Waals surface area contributed by atoms with Crippen molar-refractivity contribution in [2.45, 2.75) is 33.1 Å². The summed E-state index contributed by atoms with van der Waals surface area (Å²) in [5.74, 6) is 0.424. The molecule has 0 radical (unpaired) electrons. The number of carbonyl (C=O) groups excluding carboxylic acids is 1. The summed E-state index contributed by atoms with van der Waals surface area (Å²) in [5, 5.41) is 2.62. The maximum absolute atomic E-state index is 11.3. The van der Waals surface area contributed by atoms with Gasteiger partial charge in [0, 0.05) is 0 Å². The smallest absolute Gasteiger partial charge is 0.263 e. The van der Waals surface area contributed by atoms with Crippen LogP contribution < -0.4 is 5.32 Å². The van der Waals surface area contributed by atoms with E-state index in [2.05, 4.69) is 19.2 Å². The van der Waals surface area contributed by atoms with Gasteiger partial charge in [0.2, 0.25) is 0 Å². The first-order valence-electron chi connectivity index (χ1n) is 4.88. The van der Waals surface area contributed by atoms with Crippen LogP contribution in [0.1, 0.15) is 33.1 Å². The number of thiocarbonyl (C=S) groups is 1. The Morgan fingerprint density at radius 2 is 2.36 bits per heavy atom. The van der Waals surface area contributed by atoms with Crippen molar-refractivity contribution in [3.63, 3.8) is 0 Å². The highest BCUT2D eigenvalue weighted by molar-refractivity contribution is 8.26. The van der Waals surface area contributed by atoms with Crippen LogP contribution in [0.3, 0.4) is 0 Å². The molecule has 1 N–H and O–H groups in total. The van der Waals surface area contributed by atoms with Gasteiger partial charge in [-0.25, -0.2) is 0 Å². The number of carbonyl (C=O) groups is 1. The first-order chi connectivity index (χ1) is 6.63. The van der Waals surface area contributed by atoms with Crippen molar-refractivity contribution < 1.29 is 4.79 Å². The summed E-state index contributed by atoms with van der Waals surface area (Å²) in [6.07, 6.45) is 5.57. The lowest BCUT2D eigenvalue weighted by Crippen LogP contribution is -2.17. The van der Waals surface area contributed by atoms with Crippen molar-refractivity contribution >= 4 is 34.2 Å². The normalized spacial score (nSPS) is 21.4. The van der Waals surface area contributed by atoms with E-state index in [4.69, 9.17) is 12.2 Å². The highest BCUT2D eigenvalue weighted by Crippen LogP contribution is 2.25. The van der Waals surface area contributed by atoms with E-state index >= 15 is 0 Å². The van der Waals surface area contributed by atoms with E-state index in [1.165, 1.54) is 24.6 Å². The quantitative estimate of drug-likeness (QED) is 0.593. The van der Waals surface area contributed by atoms with Crippen molar-refractivity contribution in [1.29, 1.82) is 0 Å². The summed E-state index contributed by atoms with van der Waals surface area (Å²) in [6, 6.07) is 0. The molecule has 1 saturated heterocycles. The van der Waals surface area contributed by atoms with Gasteiger partial charge in [0.25, 0.3) is 5.91 Å². The lowest BCUT2D eigenvalue weighted by molar-refractivity contribution is -0.115. The van der Waals surface area contributed by atoms with Crippen LogP contribution in [-0.2, 0) is 4.79 Å². The second-order valence-corrected chi connectivity index (χ2v) is 5.21. The van der Waals surface area contributed by atoms with Gasteiger partial charge in [-0.3, -0.25) is 4.79 Å². The summed E-state index contributed by atoms with van der Waals surface area (Å²) in [4.78, 5) is 12.1. The summed E-state index contributed by atoms with van der Waals surface area (Å²) in [6.45, 7) is 4.31. The minimum Gasteiger partial charge on any atom is -0.307 e. The number of allylic oxidation sites excluding steroid dienone is 1. The molecule has 14 heavy (non-hydrogen) atoms. The molecular weight excluding hydrogens is 214 g/mol. The van der Waals surface area contributed by atoms with Crippen molar-refractivity contribution in [2.75, 3.05) is 0 Å². The van der Waals surface area contributed by atoms with Gasteiger partial charge in [0.15, 0.2) is 0 Å². The second-order valence-electron chi connectivity index (χ2n) is 3.49. The lowest BCUT2D eigenvalue weighted by Gasteiger charge is -2.04. The molecule has 0 aliphatic carbocycles. The first kappa shape index (κ1) is 11.7. The SMILES string of the molecule is CCCCC(C)/C=C1\SC(=S)NC1=O. The van der Waals surface area contributed by atoms with Crippen LogP contribution in [0.15, 0.2) is 11.0 Å². The molecule has 1 rings (SSSR count). The van der Waals surface area contributed by atoms with Crippen LogP contribution in [0.25, 0.3) is 0 Å². The third-order valence-electron chi connectivity index (χ3n) is 2.09. The molecule has 1 heterocycles. The molecule has 0 aromatic carbocycles. The zero-order valence-corrected chi connectivity index (χ0v) is 10.1. The maximum Gasteiger partial charge on any atom is 0.263 e. The molecule has 0 bridgehead atoms. The molecule has 1 fully saturated rings. The molecule has 78 valence electrons. The van der Waals surface area contributed by atoms with Crippen molar-refractivity contribution in [2.24, 2.45) is 5.92 Å². The molecule has 0 aromatic rings. The van der Waals surface area contributed by atoms with Gasteiger partial charge in [-0.2, -0.15) is 0 Å². The van der Waals surface area contributed by atoms with E-state index in [1.54, 1.807) is 0 Å². The average molecular weight is 229 g/mol. The summed E-state index contributed by atoms with van der Waals surface area (Å²) in [5.41, 5.74) is 0. The van der Waals surface area contributed by atoms with E-state index < -0.39 is 0 Å². The number of unbranched alkanes of at least 4 members (excludes halogenated alkanes) is 1. The molecule has 1 aliphatic heterocycles. The van der Waals surface area contributed by atoms with Crippen molar-refractivity contribution in [3.8, 4) is 0 Å².